The maximum Gasteiger partial charge on any atom is 0.273 e. The minimum absolute atomic E-state index is 0.0834. The van der Waals surface area contributed by atoms with E-state index in [-0.39, 0.29) is 11.6 Å². The van der Waals surface area contributed by atoms with Gasteiger partial charge in [-0.3, -0.25) is 10.1 Å². The van der Waals surface area contributed by atoms with Crippen molar-refractivity contribution in [2.24, 2.45) is 0 Å². The number of benzene rings is 1. The normalized spacial score (nSPS) is 19.5. The number of hydrogen-bond donors (Lipinski definition) is 0. The van der Waals surface area contributed by atoms with Gasteiger partial charge in [0.15, 0.2) is 0 Å². The number of nitrogens with zero attached hydrogens (tertiary/aromatic N) is 2. The number of alkyl halides is 1. The monoisotopic (exact) mass is 284 g/mol. The van der Waals surface area contributed by atoms with Gasteiger partial charge in [-0.05, 0) is 18.6 Å². The van der Waals surface area contributed by atoms with Crippen LogP contribution in [-0.4, -0.2) is 30.7 Å². The van der Waals surface area contributed by atoms with E-state index in [2.05, 4.69) is 11.8 Å². The van der Waals surface area contributed by atoms with E-state index >= 15 is 0 Å². The highest BCUT2D eigenvalue weighted by molar-refractivity contribution is 6.17. The third kappa shape index (κ3) is 2.98. The first-order valence-electron chi connectivity index (χ1n) is 6.35. The molecule has 1 aromatic rings. The average Bonchev–Trinajstić information content (AvgIpc) is 2.46. The van der Waals surface area contributed by atoms with Gasteiger partial charge in [0.05, 0.1) is 30.1 Å². The van der Waals surface area contributed by atoms with Crippen LogP contribution in [0.2, 0.25) is 0 Å². The van der Waals surface area contributed by atoms with Gasteiger partial charge in [-0.15, -0.1) is 11.6 Å². The Bertz CT molecular complexity index is 467. The second-order valence-electron chi connectivity index (χ2n) is 4.53. The zero-order valence-corrected chi connectivity index (χ0v) is 11.6. The minimum atomic E-state index is -0.391. The molecule has 2 rings (SSSR count). The summed E-state index contributed by atoms with van der Waals surface area (Å²) in [7, 11) is 0. The highest BCUT2D eigenvalue weighted by Gasteiger charge is 2.23. The number of rotatable bonds is 4. The van der Waals surface area contributed by atoms with Crippen molar-refractivity contribution >= 4 is 23.0 Å². The quantitative estimate of drug-likeness (QED) is 0.484. The molecule has 1 fully saturated rings. The van der Waals surface area contributed by atoms with Crippen LogP contribution < -0.4 is 4.90 Å². The maximum atomic E-state index is 10.9. The number of anilines is 1. The molecule has 1 atom stereocenters. The van der Waals surface area contributed by atoms with Crippen molar-refractivity contribution < 1.29 is 9.66 Å². The Hall–Kier alpha value is -1.33. The van der Waals surface area contributed by atoms with Crippen LogP contribution in [0.15, 0.2) is 18.2 Å². The molecule has 0 bridgehead atoms. The van der Waals surface area contributed by atoms with Gasteiger partial charge in [0.1, 0.15) is 0 Å². The molecule has 5 nitrogen and oxygen atoms in total. The van der Waals surface area contributed by atoms with Crippen LogP contribution in [0.3, 0.4) is 0 Å². The minimum Gasteiger partial charge on any atom is -0.377 e. The van der Waals surface area contributed by atoms with Crippen LogP contribution in [0.5, 0.6) is 0 Å². The number of ether oxygens (including phenoxy) is 1. The van der Waals surface area contributed by atoms with E-state index in [1.54, 1.807) is 6.07 Å². The summed E-state index contributed by atoms with van der Waals surface area (Å²) < 4.78 is 5.47. The van der Waals surface area contributed by atoms with Gasteiger partial charge in [-0.25, -0.2) is 0 Å². The first kappa shape index (κ1) is 14.1. The van der Waals surface area contributed by atoms with Crippen molar-refractivity contribution in [3.05, 3.63) is 33.9 Å². The summed E-state index contributed by atoms with van der Waals surface area (Å²) in [6.07, 6.45) is 0.979. The standard InChI is InChI=1S/C13H17ClN2O3/c1-2-11-9-19-6-5-15(11)12-3-4-13(16(17)18)10(7-12)8-14/h3-4,7,11H,2,5-6,8-9H2,1H3. The van der Waals surface area contributed by atoms with E-state index in [0.717, 1.165) is 18.7 Å². The molecule has 6 heteroatoms. The van der Waals surface area contributed by atoms with Crippen molar-refractivity contribution in [2.45, 2.75) is 25.3 Å². The Kier molecular flexibility index (Phi) is 4.61. The molecule has 0 aliphatic carbocycles. The maximum absolute atomic E-state index is 10.9. The lowest BCUT2D eigenvalue weighted by molar-refractivity contribution is -0.385. The number of hydrogen-bond acceptors (Lipinski definition) is 4. The second-order valence-corrected chi connectivity index (χ2v) is 4.80. The number of morpholine rings is 1. The predicted octanol–water partition coefficient (Wildman–Crippen LogP) is 2.95. The molecule has 0 N–H and O–H groups in total. The lowest BCUT2D eigenvalue weighted by Gasteiger charge is -2.37. The van der Waals surface area contributed by atoms with Crippen LogP contribution in [-0.2, 0) is 10.6 Å². The zero-order valence-electron chi connectivity index (χ0n) is 10.8. The summed E-state index contributed by atoms with van der Waals surface area (Å²) in [4.78, 5) is 12.8. The predicted molar refractivity (Wildman–Crippen MR) is 74.9 cm³/mol. The summed E-state index contributed by atoms with van der Waals surface area (Å²) in [5.74, 6) is 0.144. The lowest BCUT2D eigenvalue weighted by Crippen LogP contribution is -2.45. The van der Waals surface area contributed by atoms with Crippen LogP contribution in [0, 0.1) is 10.1 Å². The summed E-state index contributed by atoms with van der Waals surface area (Å²) in [6.45, 7) is 4.30. The Labute approximate surface area is 117 Å². The molecule has 19 heavy (non-hydrogen) atoms. The van der Waals surface area contributed by atoms with E-state index in [4.69, 9.17) is 16.3 Å². The topological polar surface area (TPSA) is 55.6 Å². The molecule has 1 aromatic carbocycles. The van der Waals surface area contributed by atoms with E-state index in [1.807, 2.05) is 6.07 Å². The lowest BCUT2D eigenvalue weighted by atomic mass is 10.1. The number of halogens is 1. The van der Waals surface area contributed by atoms with Crippen molar-refractivity contribution in [3.63, 3.8) is 0 Å². The smallest absolute Gasteiger partial charge is 0.273 e. The molecule has 104 valence electrons. The molecule has 0 saturated carbocycles. The van der Waals surface area contributed by atoms with E-state index in [9.17, 15) is 10.1 Å². The van der Waals surface area contributed by atoms with Gasteiger partial charge in [0.2, 0.25) is 0 Å². The second kappa shape index (κ2) is 6.21. The van der Waals surface area contributed by atoms with E-state index in [0.29, 0.717) is 24.8 Å². The van der Waals surface area contributed by atoms with Gasteiger partial charge in [0.25, 0.3) is 5.69 Å². The molecular formula is C13H17ClN2O3. The zero-order chi connectivity index (χ0) is 13.8. The SMILES string of the molecule is CCC1COCCN1c1ccc([N+](=O)[O-])c(CCl)c1. The first-order chi connectivity index (χ1) is 9.17. The fraction of sp³-hybridized carbons (Fsp3) is 0.538. The van der Waals surface area contributed by atoms with Crippen LogP contribution >= 0.6 is 11.6 Å². The van der Waals surface area contributed by atoms with Crippen LogP contribution in [0.4, 0.5) is 11.4 Å². The highest BCUT2D eigenvalue weighted by Crippen LogP contribution is 2.28. The van der Waals surface area contributed by atoms with Crippen molar-refractivity contribution in [1.82, 2.24) is 0 Å². The van der Waals surface area contributed by atoms with Gasteiger partial charge in [-0.2, -0.15) is 0 Å². The number of nitro benzene ring substituents is 1. The third-order valence-corrected chi connectivity index (χ3v) is 3.72. The molecule has 0 spiro atoms. The summed E-state index contributed by atoms with van der Waals surface area (Å²) in [6, 6.07) is 5.47. The molecule has 0 aromatic heterocycles. The highest BCUT2D eigenvalue weighted by atomic mass is 35.5. The Balaban J connectivity index is 2.31. The average molecular weight is 285 g/mol. The molecule has 1 unspecified atom stereocenters. The van der Waals surface area contributed by atoms with Crippen molar-refractivity contribution in [2.75, 3.05) is 24.7 Å². The molecule has 0 amide bonds. The molecule has 1 saturated heterocycles. The largest absolute Gasteiger partial charge is 0.377 e. The van der Waals surface area contributed by atoms with E-state index in [1.165, 1.54) is 6.07 Å². The Morgan fingerprint density at radius 1 is 1.58 bits per heavy atom. The fourth-order valence-corrected chi connectivity index (χ4v) is 2.58. The fourth-order valence-electron chi connectivity index (χ4n) is 2.37. The Morgan fingerprint density at radius 3 is 3.00 bits per heavy atom. The van der Waals surface area contributed by atoms with Gasteiger partial charge in [0, 0.05) is 23.9 Å². The number of nitro groups is 1. The van der Waals surface area contributed by atoms with Crippen molar-refractivity contribution in [1.29, 1.82) is 0 Å². The van der Waals surface area contributed by atoms with Gasteiger partial charge >= 0.3 is 0 Å². The molecule has 1 aliphatic heterocycles. The van der Waals surface area contributed by atoms with E-state index < -0.39 is 4.92 Å². The summed E-state index contributed by atoms with van der Waals surface area (Å²) in [5.41, 5.74) is 1.63. The van der Waals surface area contributed by atoms with Gasteiger partial charge in [-0.1, -0.05) is 6.92 Å². The van der Waals surface area contributed by atoms with Crippen LogP contribution in [0.25, 0.3) is 0 Å². The Morgan fingerprint density at radius 2 is 2.37 bits per heavy atom. The van der Waals surface area contributed by atoms with Crippen LogP contribution in [0.1, 0.15) is 18.9 Å². The molecule has 1 heterocycles. The van der Waals surface area contributed by atoms with Gasteiger partial charge < -0.3 is 9.64 Å². The van der Waals surface area contributed by atoms with Crippen molar-refractivity contribution in [3.8, 4) is 0 Å². The summed E-state index contributed by atoms with van der Waals surface area (Å²) >= 11 is 5.81. The molecular weight excluding hydrogens is 268 g/mol. The third-order valence-electron chi connectivity index (χ3n) is 3.43. The molecule has 0 radical (unpaired) electrons. The summed E-state index contributed by atoms with van der Waals surface area (Å²) in [5, 5.41) is 10.9. The first-order valence-corrected chi connectivity index (χ1v) is 6.88. The molecule has 1 aliphatic rings.